The summed E-state index contributed by atoms with van der Waals surface area (Å²) in [7, 11) is 0. The zero-order valence-corrected chi connectivity index (χ0v) is 46.0. The third-order valence-corrected chi connectivity index (χ3v) is 17.5. The molecule has 3 aliphatic rings. The third-order valence-electron chi connectivity index (χ3n) is 17.5. The minimum atomic E-state index is 0.731. The van der Waals surface area contributed by atoms with Crippen LogP contribution in [0.2, 0.25) is 0 Å². The first-order valence-corrected chi connectivity index (χ1v) is 30.4. The average Bonchev–Trinajstić information content (AvgIpc) is 3.44. The van der Waals surface area contributed by atoms with Gasteiger partial charge in [-0.1, -0.05) is 126 Å². The summed E-state index contributed by atoms with van der Waals surface area (Å²) in [6.07, 6.45) is 35.7. The molecular weight excluding hydrogens is 905 g/mol. The summed E-state index contributed by atoms with van der Waals surface area (Å²) in [6.45, 7) is 7.65. The molecule has 0 unspecified atom stereocenters. The predicted octanol–water partition coefficient (Wildman–Crippen LogP) is 20.3. The molecule has 4 nitrogen and oxygen atoms in total. The molecule has 0 amide bonds. The van der Waals surface area contributed by atoms with E-state index in [1.165, 1.54) is 171 Å². The lowest BCUT2D eigenvalue weighted by Gasteiger charge is -2.29. The third kappa shape index (κ3) is 15.3. The van der Waals surface area contributed by atoms with Crippen LogP contribution in [0.3, 0.4) is 0 Å². The summed E-state index contributed by atoms with van der Waals surface area (Å²) in [5.41, 5.74) is 8.73. The fourth-order valence-electron chi connectivity index (χ4n) is 13.0. The molecule has 0 radical (unpaired) electrons. The van der Waals surface area contributed by atoms with E-state index in [-0.39, 0.29) is 0 Å². The number of hydrogen-bond acceptors (Lipinski definition) is 4. The fourth-order valence-corrected chi connectivity index (χ4v) is 13.0. The molecule has 0 aliphatic heterocycles. The molecule has 6 aromatic rings. The topological polar surface area (TPSA) is 36.9 Å². The molecule has 6 aromatic carbocycles. The maximum Gasteiger partial charge on any atom is 0.119 e. The van der Waals surface area contributed by atoms with Gasteiger partial charge >= 0.3 is 0 Å². The molecule has 2 fully saturated rings. The van der Waals surface area contributed by atoms with Crippen LogP contribution in [0.15, 0.2) is 109 Å². The van der Waals surface area contributed by atoms with Gasteiger partial charge in [0.05, 0.1) is 26.4 Å². The molecule has 0 N–H and O–H groups in total. The van der Waals surface area contributed by atoms with Gasteiger partial charge < -0.3 is 18.9 Å². The molecule has 0 saturated heterocycles. The van der Waals surface area contributed by atoms with Crippen LogP contribution in [-0.4, -0.2) is 26.4 Å². The largest absolute Gasteiger partial charge is 0.494 e. The quantitative estimate of drug-likeness (QED) is 0.0459. The van der Waals surface area contributed by atoms with Gasteiger partial charge in [-0.2, -0.15) is 0 Å². The van der Waals surface area contributed by atoms with E-state index in [0.29, 0.717) is 0 Å². The van der Waals surface area contributed by atoms with E-state index in [0.717, 1.165) is 137 Å². The molecule has 0 atom stereocenters. The van der Waals surface area contributed by atoms with E-state index in [9.17, 15) is 0 Å². The zero-order chi connectivity index (χ0) is 50.6. The van der Waals surface area contributed by atoms with Crippen molar-refractivity contribution in [3.8, 4) is 34.1 Å². The second-order valence-corrected chi connectivity index (χ2v) is 23.0. The SMILES string of the molecule is CCCCCC1CCC(c2ccc(OCCCCCCOc3ccc4c5c(ccc4c3)CCCCc3ccc4cc(OCCCCCCOc6ccc(C7CCC(CCCCC)CC7)cc6)ccc4c3-5)cc2)CC1. The fraction of sp³-hybridized carbons (Fsp3) is 0.543. The Kier molecular flexibility index (Phi) is 21.0. The van der Waals surface area contributed by atoms with E-state index >= 15 is 0 Å². The summed E-state index contributed by atoms with van der Waals surface area (Å²) in [4.78, 5) is 0. The van der Waals surface area contributed by atoms with Crippen molar-refractivity contribution in [1.82, 2.24) is 0 Å². The summed E-state index contributed by atoms with van der Waals surface area (Å²) in [5, 5.41) is 5.15. The number of fused-ring (bicyclic) bond motifs is 7. The van der Waals surface area contributed by atoms with Gasteiger partial charge in [0.1, 0.15) is 23.0 Å². The smallest absolute Gasteiger partial charge is 0.119 e. The Labute approximate surface area is 447 Å². The van der Waals surface area contributed by atoms with E-state index in [2.05, 4.69) is 123 Å². The molecule has 0 aromatic heterocycles. The van der Waals surface area contributed by atoms with Gasteiger partial charge in [-0.3, -0.25) is 0 Å². The van der Waals surface area contributed by atoms with E-state index in [1.54, 1.807) is 0 Å². The molecule has 4 heteroatoms. The first-order valence-electron chi connectivity index (χ1n) is 30.4. The summed E-state index contributed by atoms with van der Waals surface area (Å²) >= 11 is 0. The first-order chi connectivity index (χ1) is 36.6. The van der Waals surface area contributed by atoms with Crippen molar-refractivity contribution in [2.24, 2.45) is 11.8 Å². The zero-order valence-electron chi connectivity index (χ0n) is 46.0. The molecule has 9 rings (SSSR count). The Morgan fingerprint density at radius 2 is 0.716 bits per heavy atom. The lowest BCUT2D eigenvalue weighted by molar-refractivity contribution is 0.287. The summed E-state index contributed by atoms with van der Waals surface area (Å²) < 4.78 is 25.1. The van der Waals surface area contributed by atoms with Crippen LogP contribution in [-0.2, 0) is 12.8 Å². The normalized spacial score (nSPS) is 18.8. The van der Waals surface area contributed by atoms with Crippen molar-refractivity contribution >= 4 is 21.5 Å². The highest BCUT2D eigenvalue weighted by molar-refractivity contribution is 6.08. The maximum atomic E-state index is 6.38. The Hall–Kier alpha value is -4.96. The standard InChI is InChI=1S/C70H92O4/c1-3-5-11-19-53-23-27-55(28-24-53)57-35-39-63(40-36-57)71-47-15-7-9-17-49-73-65-43-45-67-61(51-65)33-31-59-21-13-14-22-60-32-34-62-52-66(44-46-68(62)70(60)69(59)67)74-50-18-10-8-16-48-72-64-41-37-58(38-42-64)56-29-25-54(26-30-56)20-12-6-4-2/h31-46,51-56H,3-30,47-50H2,1-2H3. The molecule has 0 heterocycles. The molecule has 74 heavy (non-hydrogen) atoms. The second kappa shape index (κ2) is 28.8. The molecular formula is C70H92O4. The number of ether oxygens (including phenoxy) is 4. The van der Waals surface area contributed by atoms with Crippen LogP contribution in [0.25, 0.3) is 32.7 Å². The molecule has 396 valence electrons. The number of rotatable bonds is 28. The van der Waals surface area contributed by atoms with Crippen molar-refractivity contribution in [2.75, 3.05) is 26.4 Å². The summed E-state index contributed by atoms with van der Waals surface area (Å²) in [6, 6.07) is 41.1. The van der Waals surface area contributed by atoms with Crippen LogP contribution in [0.4, 0.5) is 0 Å². The number of benzene rings is 6. The Balaban J connectivity index is 0.688. The van der Waals surface area contributed by atoms with Gasteiger partial charge in [0.15, 0.2) is 0 Å². The summed E-state index contributed by atoms with van der Waals surface area (Å²) in [5.74, 6) is 7.33. The highest BCUT2D eigenvalue weighted by Crippen LogP contribution is 2.44. The van der Waals surface area contributed by atoms with E-state index in [1.807, 2.05) is 0 Å². The van der Waals surface area contributed by atoms with Crippen LogP contribution in [0.5, 0.6) is 23.0 Å². The number of hydrogen-bond donors (Lipinski definition) is 0. The number of unbranched alkanes of at least 4 members (excludes halogenated alkanes) is 10. The van der Waals surface area contributed by atoms with Gasteiger partial charge in [-0.25, -0.2) is 0 Å². The van der Waals surface area contributed by atoms with Crippen molar-refractivity contribution in [3.63, 3.8) is 0 Å². The Morgan fingerprint density at radius 3 is 1.09 bits per heavy atom. The minimum absolute atomic E-state index is 0.731. The van der Waals surface area contributed by atoms with Gasteiger partial charge in [-0.05, 0) is 256 Å². The number of aryl methyl sites for hydroxylation is 2. The Morgan fingerprint density at radius 1 is 0.351 bits per heavy atom. The lowest BCUT2D eigenvalue weighted by Crippen LogP contribution is -2.13. The van der Waals surface area contributed by atoms with Crippen LogP contribution in [0, 0.1) is 11.8 Å². The van der Waals surface area contributed by atoms with Crippen molar-refractivity contribution in [2.45, 2.75) is 205 Å². The van der Waals surface area contributed by atoms with Crippen LogP contribution in [0.1, 0.15) is 215 Å². The van der Waals surface area contributed by atoms with Crippen LogP contribution < -0.4 is 18.9 Å². The van der Waals surface area contributed by atoms with Crippen molar-refractivity contribution < 1.29 is 18.9 Å². The highest BCUT2D eigenvalue weighted by atomic mass is 16.5. The van der Waals surface area contributed by atoms with Gasteiger partial charge in [-0.15, -0.1) is 0 Å². The molecule has 3 aliphatic carbocycles. The van der Waals surface area contributed by atoms with E-state index < -0.39 is 0 Å². The van der Waals surface area contributed by atoms with Crippen molar-refractivity contribution in [1.29, 1.82) is 0 Å². The van der Waals surface area contributed by atoms with Gasteiger partial charge in [0, 0.05) is 0 Å². The highest BCUT2D eigenvalue weighted by Gasteiger charge is 2.24. The monoisotopic (exact) mass is 997 g/mol. The second-order valence-electron chi connectivity index (χ2n) is 23.0. The van der Waals surface area contributed by atoms with Crippen LogP contribution >= 0.6 is 0 Å². The van der Waals surface area contributed by atoms with Gasteiger partial charge in [0.2, 0.25) is 0 Å². The molecule has 0 spiro atoms. The molecule has 0 bridgehead atoms. The Bertz CT molecular complexity index is 2400. The van der Waals surface area contributed by atoms with Gasteiger partial charge in [0.25, 0.3) is 0 Å². The maximum absolute atomic E-state index is 6.38. The van der Waals surface area contributed by atoms with E-state index in [4.69, 9.17) is 18.9 Å². The molecule has 2 saturated carbocycles. The predicted molar refractivity (Wildman–Crippen MR) is 313 cm³/mol. The lowest BCUT2D eigenvalue weighted by atomic mass is 9.77. The minimum Gasteiger partial charge on any atom is -0.494 e. The average molecular weight is 998 g/mol. The first kappa shape index (κ1) is 53.9. The van der Waals surface area contributed by atoms with Crippen molar-refractivity contribution in [3.05, 3.63) is 131 Å².